The zero-order valence-electron chi connectivity index (χ0n) is 16.7. The van der Waals surface area contributed by atoms with E-state index < -0.39 is 11.7 Å². The van der Waals surface area contributed by atoms with Crippen molar-refractivity contribution in [3.63, 3.8) is 0 Å². The zero-order chi connectivity index (χ0) is 23.3. The summed E-state index contributed by atoms with van der Waals surface area (Å²) >= 11 is 1.36. The first kappa shape index (κ1) is 22.1. The van der Waals surface area contributed by atoms with E-state index in [4.69, 9.17) is 10.00 Å². The van der Waals surface area contributed by atoms with Crippen molar-refractivity contribution in [2.45, 2.75) is 16.1 Å². The molecule has 33 heavy (non-hydrogen) atoms. The molecule has 4 aromatic rings. The molecule has 0 amide bonds. The number of rotatable bonds is 6. The van der Waals surface area contributed by atoms with Gasteiger partial charge in [-0.3, -0.25) is 0 Å². The van der Waals surface area contributed by atoms with Gasteiger partial charge in [-0.05, 0) is 48.5 Å². The van der Waals surface area contributed by atoms with Gasteiger partial charge in [0, 0.05) is 29.6 Å². The second kappa shape index (κ2) is 9.58. The molecule has 0 bridgehead atoms. The van der Waals surface area contributed by atoms with E-state index in [9.17, 15) is 13.2 Å². The molecule has 6 nitrogen and oxygen atoms in total. The van der Waals surface area contributed by atoms with Crippen molar-refractivity contribution in [3.05, 3.63) is 90.4 Å². The summed E-state index contributed by atoms with van der Waals surface area (Å²) in [6, 6.07) is 16.8. The Bertz CT molecular complexity index is 1270. The average Bonchev–Trinajstić information content (AvgIpc) is 2.82. The molecule has 0 aliphatic carbocycles. The summed E-state index contributed by atoms with van der Waals surface area (Å²) in [4.78, 5) is 13.5. The number of nitriles is 1. The number of halogens is 3. The third-order valence-electron chi connectivity index (χ3n) is 4.24. The van der Waals surface area contributed by atoms with Crippen LogP contribution in [0.5, 0.6) is 11.5 Å². The zero-order valence-corrected chi connectivity index (χ0v) is 17.6. The summed E-state index contributed by atoms with van der Waals surface area (Å²) in [7, 11) is 0. The third-order valence-corrected chi connectivity index (χ3v) is 5.15. The monoisotopic (exact) mass is 465 g/mol. The van der Waals surface area contributed by atoms with Crippen LogP contribution in [0.4, 0.5) is 24.8 Å². The van der Waals surface area contributed by atoms with E-state index in [1.165, 1.54) is 30.1 Å². The maximum atomic E-state index is 12.9. The fourth-order valence-corrected chi connectivity index (χ4v) is 3.45. The summed E-state index contributed by atoms with van der Waals surface area (Å²) < 4.78 is 44.5. The predicted octanol–water partition coefficient (Wildman–Crippen LogP) is 6.45. The number of nitrogens with one attached hydrogen (secondary N) is 1. The summed E-state index contributed by atoms with van der Waals surface area (Å²) in [5.41, 5.74) is -0.371. The number of anilines is 2. The smallest absolute Gasteiger partial charge is 0.416 e. The van der Waals surface area contributed by atoms with Crippen molar-refractivity contribution in [1.29, 1.82) is 5.26 Å². The highest BCUT2D eigenvalue weighted by molar-refractivity contribution is 7.99. The van der Waals surface area contributed by atoms with E-state index in [1.54, 1.807) is 36.7 Å². The van der Waals surface area contributed by atoms with Crippen LogP contribution in [0.2, 0.25) is 0 Å². The Morgan fingerprint density at radius 2 is 1.76 bits per heavy atom. The van der Waals surface area contributed by atoms with Crippen LogP contribution in [0.3, 0.4) is 0 Å². The molecule has 0 aliphatic heterocycles. The second-order valence-electron chi connectivity index (χ2n) is 6.58. The number of ether oxygens (including phenoxy) is 1. The van der Waals surface area contributed by atoms with Crippen LogP contribution >= 0.6 is 11.8 Å². The van der Waals surface area contributed by atoms with Crippen molar-refractivity contribution in [2.24, 2.45) is 0 Å². The molecule has 0 spiro atoms. The van der Waals surface area contributed by atoms with Crippen LogP contribution in [-0.4, -0.2) is 15.0 Å². The molecule has 3 heterocycles. The first-order valence-electron chi connectivity index (χ1n) is 9.48. The van der Waals surface area contributed by atoms with Crippen LogP contribution in [0, 0.1) is 11.3 Å². The molecule has 0 saturated heterocycles. The molecule has 10 heteroatoms. The van der Waals surface area contributed by atoms with Crippen molar-refractivity contribution in [1.82, 2.24) is 15.0 Å². The molecule has 3 aromatic heterocycles. The highest BCUT2D eigenvalue weighted by Gasteiger charge is 2.30. The number of benzene rings is 1. The first-order chi connectivity index (χ1) is 15.9. The maximum absolute atomic E-state index is 12.9. The Kier molecular flexibility index (Phi) is 6.42. The van der Waals surface area contributed by atoms with Crippen LogP contribution in [0.1, 0.15) is 11.1 Å². The molecular weight excluding hydrogens is 451 g/mol. The van der Waals surface area contributed by atoms with E-state index in [1.807, 2.05) is 18.2 Å². The molecule has 1 aromatic carbocycles. The summed E-state index contributed by atoms with van der Waals surface area (Å²) in [6.07, 6.45) is 0.254. The Morgan fingerprint density at radius 1 is 0.939 bits per heavy atom. The van der Waals surface area contributed by atoms with Crippen molar-refractivity contribution < 1.29 is 17.9 Å². The minimum absolute atomic E-state index is 0.209. The molecule has 164 valence electrons. The van der Waals surface area contributed by atoms with Crippen LogP contribution in [-0.2, 0) is 6.18 Å². The van der Waals surface area contributed by atoms with Gasteiger partial charge < -0.3 is 10.1 Å². The summed E-state index contributed by atoms with van der Waals surface area (Å²) in [5, 5.41) is 12.7. The predicted molar refractivity (Wildman–Crippen MR) is 116 cm³/mol. The minimum atomic E-state index is -4.44. The number of alkyl halides is 3. The fourth-order valence-electron chi connectivity index (χ4n) is 2.68. The van der Waals surface area contributed by atoms with E-state index in [2.05, 4.69) is 20.3 Å². The molecular formula is C23H14F3N5OS. The van der Waals surface area contributed by atoms with Crippen molar-refractivity contribution in [2.75, 3.05) is 5.32 Å². The van der Waals surface area contributed by atoms with E-state index in [-0.39, 0.29) is 11.5 Å². The average molecular weight is 465 g/mol. The molecule has 0 saturated carbocycles. The highest BCUT2D eigenvalue weighted by Crippen LogP contribution is 2.36. The Morgan fingerprint density at radius 3 is 2.39 bits per heavy atom. The largest absolute Gasteiger partial charge is 0.453 e. The second-order valence-corrected chi connectivity index (χ2v) is 7.67. The molecule has 0 radical (unpaired) electrons. The maximum Gasteiger partial charge on any atom is 0.416 e. The summed E-state index contributed by atoms with van der Waals surface area (Å²) in [5.74, 6) is 1.21. The SMILES string of the molecule is N#Cc1ccc(Nc2ncc(Sc3ccccn3)cc2Oc2ccc(C(F)(F)F)cc2)nc1. The Balaban J connectivity index is 1.64. The number of pyridine rings is 3. The topological polar surface area (TPSA) is 83.7 Å². The standard InChI is InChI=1S/C23H14F3N5OS/c24-23(25,26)16-5-7-17(8-6-16)32-19-11-18(33-21-3-1-2-10-28-21)14-30-22(19)31-20-9-4-15(12-27)13-29-20/h1-11,13-14H,(H,29,30,31). The number of hydrogen-bond donors (Lipinski definition) is 1. The number of aromatic nitrogens is 3. The lowest BCUT2D eigenvalue weighted by Crippen LogP contribution is -2.04. The lowest BCUT2D eigenvalue weighted by molar-refractivity contribution is -0.137. The van der Waals surface area contributed by atoms with Crippen molar-refractivity contribution >= 4 is 23.4 Å². The van der Waals surface area contributed by atoms with E-state index >= 15 is 0 Å². The lowest BCUT2D eigenvalue weighted by atomic mass is 10.2. The fraction of sp³-hybridized carbons (Fsp3) is 0.0435. The molecule has 4 rings (SSSR count). The van der Waals surface area contributed by atoms with Gasteiger partial charge in [-0.15, -0.1) is 0 Å². The lowest BCUT2D eigenvalue weighted by Gasteiger charge is -2.14. The van der Waals surface area contributed by atoms with Crippen LogP contribution in [0.15, 0.2) is 89.2 Å². The number of hydrogen-bond acceptors (Lipinski definition) is 7. The van der Waals surface area contributed by atoms with Gasteiger partial charge in [-0.1, -0.05) is 17.8 Å². The van der Waals surface area contributed by atoms with Gasteiger partial charge in [0.2, 0.25) is 0 Å². The van der Waals surface area contributed by atoms with Gasteiger partial charge in [0.25, 0.3) is 0 Å². The van der Waals surface area contributed by atoms with Crippen LogP contribution < -0.4 is 10.1 Å². The third kappa shape index (κ3) is 5.78. The van der Waals surface area contributed by atoms with Gasteiger partial charge in [0.05, 0.1) is 11.1 Å². The summed E-state index contributed by atoms with van der Waals surface area (Å²) in [6.45, 7) is 0. The van der Waals surface area contributed by atoms with Gasteiger partial charge in [0.1, 0.15) is 22.7 Å². The van der Waals surface area contributed by atoms with E-state index in [0.717, 1.165) is 17.2 Å². The molecule has 0 unspecified atom stereocenters. The van der Waals surface area contributed by atoms with Gasteiger partial charge in [0.15, 0.2) is 11.6 Å². The first-order valence-corrected chi connectivity index (χ1v) is 10.3. The molecule has 0 atom stereocenters. The Labute approximate surface area is 191 Å². The van der Waals surface area contributed by atoms with Crippen molar-refractivity contribution in [3.8, 4) is 17.6 Å². The van der Waals surface area contributed by atoms with E-state index in [0.29, 0.717) is 22.1 Å². The van der Waals surface area contributed by atoms with Gasteiger partial charge in [-0.25, -0.2) is 15.0 Å². The van der Waals surface area contributed by atoms with Gasteiger partial charge in [-0.2, -0.15) is 18.4 Å². The molecule has 1 N–H and O–H groups in total. The Hall–Kier alpha value is -4.10. The normalized spacial score (nSPS) is 11.0. The van der Waals surface area contributed by atoms with Crippen LogP contribution in [0.25, 0.3) is 0 Å². The minimum Gasteiger partial charge on any atom is -0.453 e. The molecule has 0 fully saturated rings. The number of nitrogens with zero attached hydrogens (tertiary/aromatic N) is 4. The van der Waals surface area contributed by atoms with Gasteiger partial charge >= 0.3 is 6.18 Å². The highest BCUT2D eigenvalue weighted by atomic mass is 32.2. The molecule has 0 aliphatic rings. The quantitative estimate of drug-likeness (QED) is 0.350.